The van der Waals surface area contributed by atoms with E-state index >= 15 is 0 Å². The molecule has 0 aromatic carbocycles. The molecule has 3 heterocycles. The lowest BCUT2D eigenvalue weighted by molar-refractivity contribution is -0.0575. The summed E-state index contributed by atoms with van der Waals surface area (Å²) >= 11 is 1.88. The lowest BCUT2D eigenvalue weighted by Crippen LogP contribution is -2.48. The van der Waals surface area contributed by atoms with Gasteiger partial charge in [0.05, 0.1) is 17.2 Å². The number of amidine groups is 1. The fraction of sp³-hybridized carbons (Fsp3) is 0.929. The Labute approximate surface area is 119 Å². The van der Waals surface area contributed by atoms with Gasteiger partial charge >= 0.3 is 0 Å². The normalized spacial score (nSPS) is 35.5. The predicted octanol–water partition coefficient (Wildman–Crippen LogP) is 2.19. The largest absolute Gasteiger partial charge is 0.381 e. The molecule has 0 aromatic heterocycles. The molecule has 3 rings (SSSR count). The van der Waals surface area contributed by atoms with E-state index in [1.54, 1.807) is 0 Å². The van der Waals surface area contributed by atoms with Gasteiger partial charge in [-0.05, 0) is 39.5 Å². The molecule has 19 heavy (non-hydrogen) atoms. The van der Waals surface area contributed by atoms with Crippen LogP contribution in [0.25, 0.3) is 0 Å². The molecule has 108 valence electrons. The van der Waals surface area contributed by atoms with Gasteiger partial charge in [0.1, 0.15) is 0 Å². The van der Waals surface area contributed by atoms with Crippen molar-refractivity contribution >= 4 is 16.9 Å². The molecule has 0 amide bonds. The van der Waals surface area contributed by atoms with Crippen molar-refractivity contribution in [2.75, 3.05) is 25.6 Å². The summed E-state index contributed by atoms with van der Waals surface area (Å²) in [5.74, 6) is 1.14. The standard InChI is InChI=1S/C14H24N2O2S/c1-13(2)9-11(3-6-18-13)15-12-16-14(10-19-12)4-7-17-8-5-14/h11H,3-10H2,1-2H3,(H,15,16). The van der Waals surface area contributed by atoms with Gasteiger partial charge in [-0.2, -0.15) is 0 Å². The smallest absolute Gasteiger partial charge is 0.157 e. The Hall–Kier alpha value is -0.260. The van der Waals surface area contributed by atoms with E-state index in [4.69, 9.17) is 14.5 Å². The number of nitrogens with one attached hydrogen (secondary N) is 1. The molecule has 5 heteroatoms. The fourth-order valence-electron chi connectivity index (χ4n) is 3.08. The highest BCUT2D eigenvalue weighted by Crippen LogP contribution is 2.33. The van der Waals surface area contributed by atoms with E-state index in [-0.39, 0.29) is 11.1 Å². The van der Waals surface area contributed by atoms with Gasteiger partial charge in [-0.25, -0.2) is 0 Å². The van der Waals surface area contributed by atoms with Crippen LogP contribution in [0.1, 0.15) is 39.5 Å². The first-order chi connectivity index (χ1) is 9.07. The lowest BCUT2D eigenvalue weighted by atomic mass is 9.93. The van der Waals surface area contributed by atoms with Crippen LogP contribution in [0.5, 0.6) is 0 Å². The molecule has 1 atom stereocenters. The number of hydrogen-bond donors (Lipinski definition) is 1. The molecule has 3 saturated heterocycles. The van der Waals surface area contributed by atoms with Crippen molar-refractivity contribution in [1.29, 1.82) is 0 Å². The number of thioether (sulfide) groups is 1. The van der Waals surface area contributed by atoms with E-state index in [1.807, 2.05) is 11.8 Å². The highest BCUT2D eigenvalue weighted by atomic mass is 32.2. The molecule has 4 nitrogen and oxygen atoms in total. The third-order valence-corrected chi connectivity index (χ3v) is 5.46. The summed E-state index contributed by atoms with van der Waals surface area (Å²) in [6.07, 6.45) is 4.29. The maximum atomic E-state index is 5.76. The Bertz CT molecular complexity index is 364. The van der Waals surface area contributed by atoms with Gasteiger partial charge in [-0.3, -0.25) is 4.99 Å². The molecule has 1 N–H and O–H groups in total. The maximum Gasteiger partial charge on any atom is 0.157 e. The minimum atomic E-state index is -0.0212. The predicted molar refractivity (Wildman–Crippen MR) is 78.9 cm³/mol. The first-order valence-electron chi connectivity index (χ1n) is 7.28. The molecule has 0 radical (unpaired) electrons. The van der Waals surface area contributed by atoms with Crippen LogP contribution in [0.15, 0.2) is 4.99 Å². The Kier molecular flexibility index (Phi) is 3.80. The van der Waals surface area contributed by atoms with Crippen molar-refractivity contribution in [2.45, 2.75) is 56.7 Å². The van der Waals surface area contributed by atoms with Gasteiger partial charge in [-0.15, -0.1) is 0 Å². The van der Waals surface area contributed by atoms with E-state index in [0.717, 1.165) is 56.4 Å². The Morgan fingerprint density at radius 2 is 2.05 bits per heavy atom. The van der Waals surface area contributed by atoms with E-state index in [2.05, 4.69) is 19.2 Å². The Morgan fingerprint density at radius 3 is 2.79 bits per heavy atom. The Morgan fingerprint density at radius 1 is 1.26 bits per heavy atom. The number of ether oxygens (including phenoxy) is 2. The van der Waals surface area contributed by atoms with Gasteiger partial charge in [0, 0.05) is 25.6 Å². The van der Waals surface area contributed by atoms with Gasteiger partial charge < -0.3 is 14.8 Å². The first kappa shape index (κ1) is 13.7. The SMILES string of the molecule is CC1(C)CC(N=C2NC3(CCOCC3)CS2)CCO1. The molecular formula is C14H24N2O2S. The van der Waals surface area contributed by atoms with Crippen molar-refractivity contribution in [3.05, 3.63) is 0 Å². The lowest BCUT2D eigenvalue weighted by Gasteiger charge is -2.34. The first-order valence-corrected chi connectivity index (χ1v) is 8.26. The molecule has 3 aliphatic rings. The third kappa shape index (κ3) is 3.26. The second kappa shape index (κ2) is 5.26. The fourth-order valence-corrected chi connectivity index (χ4v) is 4.37. The second-order valence-corrected chi connectivity index (χ2v) is 7.46. The van der Waals surface area contributed by atoms with Crippen LogP contribution in [0, 0.1) is 0 Å². The van der Waals surface area contributed by atoms with Crippen LogP contribution in [0.3, 0.4) is 0 Å². The highest BCUT2D eigenvalue weighted by molar-refractivity contribution is 8.14. The molecule has 1 spiro atoms. The van der Waals surface area contributed by atoms with Gasteiger partial charge in [0.25, 0.3) is 0 Å². The van der Waals surface area contributed by atoms with Crippen LogP contribution >= 0.6 is 11.8 Å². The summed E-state index contributed by atoms with van der Waals surface area (Å²) in [6, 6.07) is 0.411. The number of aliphatic imine (C=N–C) groups is 1. The highest BCUT2D eigenvalue weighted by Gasteiger charge is 2.39. The minimum Gasteiger partial charge on any atom is -0.381 e. The van der Waals surface area contributed by atoms with Crippen molar-refractivity contribution in [2.24, 2.45) is 4.99 Å². The topological polar surface area (TPSA) is 42.9 Å². The van der Waals surface area contributed by atoms with Crippen LogP contribution in [0.4, 0.5) is 0 Å². The summed E-state index contributed by atoms with van der Waals surface area (Å²) in [5, 5.41) is 4.82. The molecule has 3 aliphatic heterocycles. The minimum absolute atomic E-state index is 0.0212. The summed E-state index contributed by atoms with van der Waals surface area (Å²) in [4.78, 5) is 4.93. The molecule has 0 bridgehead atoms. The van der Waals surface area contributed by atoms with Gasteiger partial charge in [0.15, 0.2) is 5.17 Å². The van der Waals surface area contributed by atoms with E-state index in [1.165, 1.54) is 0 Å². The van der Waals surface area contributed by atoms with E-state index < -0.39 is 0 Å². The third-order valence-electron chi connectivity index (χ3n) is 4.28. The average molecular weight is 284 g/mol. The van der Waals surface area contributed by atoms with Crippen molar-refractivity contribution in [1.82, 2.24) is 5.32 Å². The molecular weight excluding hydrogens is 260 g/mol. The van der Waals surface area contributed by atoms with Crippen molar-refractivity contribution in [3.63, 3.8) is 0 Å². The molecule has 3 fully saturated rings. The van der Waals surface area contributed by atoms with E-state index in [9.17, 15) is 0 Å². The van der Waals surface area contributed by atoms with Crippen molar-refractivity contribution in [3.8, 4) is 0 Å². The number of rotatable bonds is 1. The maximum absolute atomic E-state index is 5.76. The average Bonchev–Trinajstić information content (AvgIpc) is 2.72. The van der Waals surface area contributed by atoms with E-state index in [0.29, 0.717) is 6.04 Å². The number of nitrogens with zero attached hydrogens (tertiary/aromatic N) is 1. The van der Waals surface area contributed by atoms with Crippen LogP contribution < -0.4 is 5.32 Å². The molecule has 1 unspecified atom stereocenters. The zero-order valence-electron chi connectivity index (χ0n) is 11.9. The summed E-state index contributed by atoms with van der Waals surface area (Å²) in [7, 11) is 0. The number of hydrogen-bond acceptors (Lipinski definition) is 4. The molecule has 0 aromatic rings. The van der Waals surface area contributed by atoms with Crippen LogP contribution in [-0.2, 0) is 9.47 Å². The monoisotopic (exact) mass is 284 g/mol. The summed E-state index contributed by atoms with van der Waals surface area (Å²) in [6.45, 7) is 6.91. The Balaban J connectivity index is 1.62. The van der Waals surface area contributed by atoms with Crippen LogP contribution in [0.2, 0.25) is 0 Å². The molecule has 0 saturated carbocycles. The quantitative estimate of drug-likeness (QED) is 0.801. The second-order valence-electron chi connectivity index (χ2n) is 6.50. The zero-order valence-corrected chi connectivity index (χ0v) is 12.7. The van der Waals surface area contributed by atoms with Gasteiger partial charge in [0.2, 0.25) is 0 Å². The summed E-state index contributed by atoms with van der Waals surface area (Å²) in [5.41, 5.74) is 0.231. The zero-order chi connectivity index (χ0) is 13.3. The molecule has 0 aliphatic carbocycles. The van der Waals surface area contributed by atoms with Gasteiger partial charge in [-0.1, -0.05) is 11.8 Å². The summed E-state index contributed by atoms with van der Waals surface area (Å²) < 4.78 is 11.2. The van der Waals surface area contributed by atoms with Crippen molar-refractivity contribution < 1.29 is 9.47 Å². The van der Waals surface area contributed by atoms with Crippen LogP contribution in [-0.4, -0.2) is 47.9 Å².